The maximum absolute atomic E-state index is 13.8. The first-order valence-electron chi connectivity index (χ1n) is 7.86. The molecule has 0 fully saturated rings. The van der Waals surface area contributed by atoms with Crippen molar-refractivity contribution in [3.05, 3.63) is 82.7 Å². The summed E-state index contributed by atoms with van der Waals surface area (Å²) in [5, 5.41) is 2.92. The summed E-state index contributed by atoms with van der Waals surface area (Å²) in [6, 6.07) is 13.6. The van der Waals surface area contributed by atoms with E-state index >= 15 is 0 Å². The van der Waals surface area contributed by atoms with Gasteiger partial charge in [-0.05, 0) is 36.8 Å². The zero-order chi connectivity index (χ0) is 18.5. The Morgan fingerprint density at radius 3 is 2.73 bits per heavy atom. The molecule has 2 aromatic carbocycles. The van der Waals surface area contributed by atoms with Gasteiger partial charge >= 0.3 is 0 Å². The quantitative estimate of drug-likeness (QED) is 0.700. The molecule has 26 heavy (non-hydrogen) atoms. The highest BCUT2D eigenvalue weighted by Gasteiger charge is 2.11. The number of benzene rings is 2. The van der Waals surface area contributed by atoms with Gasteiger partial charge in [0.2, 0.25) is 5.91 Å². The Hall–Kier alpha value is -2.93. The van der Waals surface area contributed by atoms with Crippen LogP contribution in [0.25, 0.3) is 5.69 Å². The highest BCUT2D eigenvalue weighted by molar-refractivity contribution is 7.99. The molecule has 3 rings (SSSR count). The lowest BCUT2D eigenvalue weighted by molar-refractivity contribution is -0.113. The number of carbonyl (C=O) groups excluding carboxylic acids is 1. The normalized spacial score (nSPS) is 10.5. The summed E-state index contributed by atoms with van der Waals surface area (Å²) in [4.78, 5) is 28.6. The van der Waals surface area contributed by atoms with Crippen LogP contribution in [0.5, 0.6) is 0 Å². The topological polar surface area (TPSA) is 64.0 Å². The van der Waals surface area contributed by atoms with Crippen molar-refractivity contribution in [3.63, 3.8) is 0 Å². The van der Waals surface area contributed by atoms with Crippen molar-refractivity contribution in [3.8, 4) is 5.69 Å². The number of halogens is 1. The van der Waals surface area contributed by atoms with E-state index in [4.69, 9.17) is 0 Å². The number of aryl methyl sites for hydroxylation is 1. The van der Waals surface area contributed by atoms with E-state index in [0.29, 0.717) is 16.9 Å². The second kappa shape index (κ2) is 7.97. The summed E-state index contributed by atoms with van der Waals surface area (Å²) in [5.41, 5.74) is 1.21. The molecule has 3 aromatic rings. The molecule has 1 heterocycles. The third-order valence-electron chi connectivity index (χ3n) is 3.64. The maximum atomic E-state index is 13.8. The number of hydrogen-bond acceptors (Lipinski definition) is 4. The average Bonchev–Trinajstić information content (AvgIpc) is 2.64. The number of carbonyl (C=O) groups is 1. The first kappa shape index (κ1) is 17.9. The van der Waals surface area contributed by atoms with Gasteiger partial charge in [-0.25, -0.2) is 9.37 Å². The summed E-state index contributed by atoms with van der Waals surface area (Å²) in [6.45, 7) is 1.65. The first-order valence-corrected chi connectivity index (χ1v) is 8.85. The lowest BCUT2D eigenvalue weighted by atomic mass is 10.2. The van der Waals surface area contributed by atoms with E-state index in [1.807, 2.05) is 18.2 Å². The number of anilines is 1. The lowest BCUT2D eigenvalue weighted by Gasteiger charge is -2.08. The molecule has 0 unspecified atom stereocenters. The van der Waals surface area contributed by atoms with Gasteiger partial charge in [-0.15, -0.1) is 0 Å². The van der Waals surface area contributed by atoms with Crippen molar-refractivity contribution in [2.75, 3.05) is 11.1 Å². The highest BCUT2D eigenvalue weighted by atomic mass is 32.2. The van der Waals surface area contributed by atoms with Gasteiger partial charge in [0.25, 0.3) is 5.56 Å². The van der Waals surface area contributed by atoms with E-state index in [1.165, 1.54) is 23.0 Å². The molecule has 0 radical (unpaired) electrons. The highest BCUT2D eigenvalue weighted by Crippen LogP contribution is 2.15. The molecule has 0 aliphatic carbocycles. The van der Waals surface area contributed by atoms with E-state index in [-0.39, 0.29) is 22.5 Å². The van der Waals surface area contributed by atoms with Crippen LogP contribution in [0.2, 0.25) is 0 Å². The predicted molar refractivity (Wildman–Crippen MR) is 100 cm³/mol. The molecule has 0 bridgehead atoms. The van der Waals surface area contributed by atoms with Crippen LogP contribution in [0.3, 0.4) is 0 Å². The average molecular weight is 369 g/mol. The minimum atomic E-state index is -0.395. The number of amides is 1. The number of rotatable bonds is 5. The summed E-state index contributed by atoms with van der Waals surface area (Å²) in [5.74, 6) is -0.578. The Labute approximate surface area is 153 Å². The second-order valence-corrected chi connectivity index (χ2v) is 6.51. The number of aromatic nitrogens is 2. The van der Waals surface area contributed by atoms with Gasteiger partial charge in [0.1, 0.15) is 5.82 Å². The van der Waals surface area contributed by atoms with Crippen molar-refractivity contribution in [1.29, 1.82) is 0 Å². The van der Waals surface area contributed by atoms with Gasteiger partial charge in [-0.1, -0.05) is 36.0 Å². The Balaban J connectivity index is 1.74. The number of nitrogens with one attached hydrogen (secondary N) is 1. The van der Waals surface area contributed by atoms with Gasteiger partial charge in [0.05, 0.1) is 11.4 Å². The monoisotopic (exact) mass is 369 g/mol. The fourth-order valence-electron chi connectivity index (χ4n) is 2.28. The summed E-state index contributed by atoms with van der Waals surface area (Å²) >= 11 is 1.04. The lowest BCUT2D eigenvalue weighted by Crippen LogP contribution is -2.22. The van der Waals surface area contributed by atoms with Crippen LogP contribution in [-0.4, -0.2) is 21.2 Å². The standard InChI is InChI=1S/C19H16FN3O2S/c1-13-7-8-15(11-16(13)20)23-10-9-21-18(19(23)25)26-12-17(24)22-14-5-3-2-4-6-14/h2-11H,12H2,1H3,(H,22,24). The zero-order valence-electron chi connectivity index (χ0n) is 14.0. The zero-order valence-corrected chi connectivity index (χ0v) is 14.8. The van der Waals surface area contributed by atoms with Crippen molar-refractivity contribution in [1.82, 2.24) is 9.55 Å². The van der Waals surface area contributed by atoms with Gasteiger partial charge in [-0.2, -0.15) is 0 Å². The Kier molecular flexibility index (Phi) is 5.48. The van der Waals surface area contributed by atoms with Crippen LogP contribution in [0.15, 0.2) is 70.7 Å². The number of para-hydroxylation sites is 1. The third-order valence-corrected chi connectivity index (χ3v) is 4.60. The van der Waals surface area contributed by atoms with E-state index in [1.54, 1.807) is 31.2 Å². The number of hydrogen-bond donors (Lipinski definition) is 1. The molecule has 0 spiro atoms. The second-order valence-electron chi connectivity index (χ2n) is 5.54. The molecule has 7 heteroatoms. The molecule has 5 nitrogen and oxygen atoms in total. The van der Waals surface area contributed by atoms with E-state index in [2.05, 4.69) is 10.3 Å². The molecule has 1 N–H and O–H groups in total. The van der Waals surface area contributed by atoms with Crippen LogP contribution in [0.4, 0.5) is 10.1 Å². The largest absolute Gasteiger partial charge is 0.325 e. The third kappa shape index (κ3) is 4.18. The molecule has 0 saturated heterocycles. The predicted octanol–water partition coefficient (Wildman–Crippen LogP) is 3.41. The van der Waals surface area contributed by atoms with E-state index < -0.39 is 5.56 Å². The minimum Gasteiger partial charge on any atom is -0.325 e. The number of nitrogens with zero attached hydrogens (tertiary/aromatic N) is 2. The fraction of sp³-hybridized carbons (Fsp3) is 0.105. The molecule has 0 atom stereocenters. The molecule has 0 aliphatic heterocycles. The Morgan fingerprint density at radius 2 is 2.00 bits per heavy atom. The van der Waals surface area contributed by atoms with Gasteiger partial charge in [0, 0.05) is 18.1 Å². The molecule has 132 valence electrons. The van der Waals surface area contributed by atoms with Gasteiger partial charge < -0.3 is 5.32 Å². The summed E-state index contributed by atoms with van der Waals surface area (Å²) < 4.78 is 15.1. The molecule has 1 aromatic heterocycles. The minimum absolute atomic E-state index is 0.0450. The number of thioether (sulfide) groups is 1. The van der Waals surface area contributed by atoms with Crippen LogP contribution < -0.4 is 10.9 Å². The molecular formula is C19H16FN3O2S. The van der Waals surface area contributed by atoms with Crippen LogP contribution >= 0.6 is 11.8 Å². The van der Waals surface area contributed by atoms with Crippen molar-refractivity contribution >= 4 is 23.4 Å². The van der Waals surface area contributed by atoms with Crippen LogP contribution in [0.1, 0.15) is 5.56 Å². The van der Waals surface area contributed by atoms with Crippen molar-refractivity contribution in [2.45, 2.75) is 11.9 Å². The van der Waals surface area contributed by atoms with Gasteiger partial charge in [0.15, 0.2) is 5.03 Å². The van der Waals surface area contributed by atoms with Gasteiger partial charge in [-0.3, -0.25) is 14.2 Å². The Morgan fingerprint density at radius 1 is 1.23 bits per heavy atom. The van der Waals surface area contributed by atoms with Crippen LogP contribution in [0, 0.1) is 12.7 Å². The van der Waals surface area contributed by atoms with Crippen LogP contribution in [-0.2, 0) is 4.79 Å². The van der Waals surface area contributed by atoms with E-state index in [9.17, 15) is 14.0 Å². The SMILES string of the molecule is Cc1ccc(-n2ccnc(SCC(=O)Nc3ccccc3)c2=O)cc1F. The summed E-state index contributed by atoms with van der Waals surface area (Å²) in [6.07, 6.45) is 2.93. The Bertz CT molecular complexity index is 990. The van der Waals surface area contributed by atoms with E-state index in [0.717, 1.165) is 11.8 Å². The molecular weight excluding hydrogens is 353 g/mol. The smallest absolute Gasteiger partial charge is 0.287 e. The van der Waals surface area contributed by atoms with Crippen molar-refractivity contribution < 1.29 is 9.18 Å². The van der Waals surface area contributed by atoms with Crippen molar-refractivity contribution in [2.24, 2.45) is 0 Å². The summed E-state index contributed by atoms with van der Waals surface area (Å²) in [7, 11) is 0. The molecule has 1 amide bonds. The molecule has 0 aliphatic rings. The molecule has 0 saturated carbocycles. The first-order chi connectivity index (χ1) is 12.5. The maximum Gasteiger partial charge on any atom is 0.287 e. The fourth-order valence-corrected chi connectivity index (χ4v) is 2.98.